The van der Waals surface area contributed by atoms with Gasteiger partial charge in [0.25, 0.3) is 5.91 Å². The van der Waals surface area contributed by atoms with Crippen molar-refractivity contribution in [1.29, 1.82) is 0 Å². The molecule has 0 aliphatic rings. The molecule has 0 aliphatic carbocycles. The van der Waals surface area contributed by atoms with Crippen LogP contribution in [-0.2, 0) is 0 Å². The fourth-order valence-electron chi connectivity index (χ4n) is 1.39. The number of anilines is 1. The number of hydrogen-bond acceptors (Lipinski definition) is 2. The van der Waals surface area contributed by atoms with Crippen LogP contribution in [0.15, 0.2) is 18.2 Å². The summed E-state index contributed by atoms with van der Waals surface area (Å²) in [7, 11) is 0. The van der Waals surface area contributed by atoms with Gasteiger partial charge in [0, 0.05) is 24.2 Å². The number of nitrogens with two attached hydrogens (primary N) is 1. The predicted molar refractivity (Wildman–Crippen MR) is 66.0 cm³/mol. The molecule has 0 aliphatic heterocycles. The van der Waals surface area contributed by atoms with Crippen LogP contribution in [0.2, 0.25) is 0 Å². The van der Waals surface area contributed by atoms with Gasteiger partial charge in [-0.2, -0.15) is 0 Å². The molecular formula is C13H16N2O. The number of hydrogen-bond donors (Lipinski definition) is 2. The minimum absolute atomic E-state index is 0.0955. The third-order valence-corrected chi connectivity index (χ3v) is 2.40. The lowest BCUT2D eigenvalue weighted by Crippen LogP contribution is -2.25. The molecule has 3 N–H and O–H groups in total. The Balaban J connectivity index is 2.60. The van der Waals surface area contributed by atoms with Gasteiger partial charge in [0.1, 0.15) is 0 Å². The Hall–Kier alpha value is -1.95. The van der Waals surface area contributed by atoms with Gasteiger partial charge in [-0.05, 0) is 31.0 Å². The van der Waals surface area contributed by atoms with E-state index in [4.69, 9.17) is 12.2 Å². The summed E-state index contributed by atoms with van der Waals surface area (Å²) in [6.07, 6.45) is 6.59. The average molecular weight is 216 g/mol. The zero-order valence-corrected chi connectivity index (χ0v) is 9.42. The number of unbranched alkanes of at least 4 members (excludes halogenated alkanes) is 1. The van der Waals surface area contributed by atoms with Crippen LogP contribution in [0, 0.1) is 19.3 Å². The second-order valence-corrected chi connectivity index (χ2v) is 3.58. The summed E-state index contributed by atoms with van der Waals surface area (Å²) in [6.45, 7) is 2.43. The highest BCUT2D eigenvalue weighted by Gasteiger charge is 2.09. The molecule has 0 bridgehead atoms. The first-order chi connectivity index (χ1) is 7.66. The van der Waals surface area contributed by atoms with Crippen LogP contribution in [0.4, 0.5) is 5.69 Å². The Kier molecular flexibility index (Phi) is 4.41. The Bertz CT molecular complexity index is 418. The molecule has 16 heavy (non-hydrogen) atoms. The molecule has 0 atom stereocenters. The van der Waals surface area contributed by atoms with Crippen LogP contribution in [0.1, 0.15) is 28.8 Å². The minimum Gasteiger partial charge on any atom is -0.398 e. The lowest BCUT2D eigenvalue weighted by atomic mass is 10.1. The zero-order valence-electron chi connectivity index (χ0n) is 9.42. The van der Waals surface area contributed by atoms with Crippen molar-refractivity contribution >= 4 is 11.6 Å². The quantitative estimate of drug-likeness (QED) is 0.457. The highest BCUT2D eigenvalue weighted by Crippen LogP contribution is 2.15. The van der Waals surface area contributed by atoms with Gasteiger partial charge in [0.05, 0.1) is 0 Å². The van der Waals surface area contributed by atoms with Gasteiger partial charge in [-0.1, -0.05) is 6.07 Å². The molecule has 0 saturated heterocycles. The molecule has 0 radical (unpaired) electrons. The van der Waals surface area contributed by atoms with Crippen LogP contribution < -0.4 is 11.1 Å². The van der Waals surface area contributed by atoms with Gasteiger partial charge >= 0.3 is 0 Å². The molecule has 3 nitrogen and oxygen atoms in total. The minimum atomic E-state index is -0.0955. The van der Waals surface area contributed by atoms with Crippen molar-refractivity contribution in [2.45, 2.75) is 19.8 Å². The molecule has 0 heterocycles. The van der Waals surface area contributed by atoms with Crippen molar-refractivity contribution in [3.8, 4) is 12.3 Å². The van der Waals surface area contributed by atoms with Crippen LogP contribution >= 0.6 is 0 Å². The molecule has 0 aromatic heterocycles. The standard InChI is InChI=1S/C13H16N2O/c1-3-4-5-9-15-13(16)11-7-6-8-12(14)10(11)2/h1,6-8H,4-5,9,14H2,2H3,(H,15,16). The van der Waals surface area contributed by atoms with Crippen molar-refractivity contribution in [3.63, 3.8) is 0 Å². The Morgan fingerprint density at radius 2 is 2.31 bits per heavy atom. The second-order valence-electron chi connectivity index (χ2n) is 3.58. The van der Waals surface area contributed by atoms with E-state index < -0.39 is 0 Å². The van der Waals surface area contributed by atoms with Crippen molar-refractivity contribution < 1.29 is 4.79 Å². The van der Waals surface area contributed by atoms with Gasteiger partial charge in [-0.15, -0.1) is 12.3 Å². The highest BCUT2D eigenvalue weighted by atomic mass is 16.1. The van der Waals surface area contributed by atoms with E-state index in [0.717, 1.165) is 12.0 Å². The number of terminal acetylenes is 1. The van der Waals surface area contributed by atoms with Crippen LogP contribution in [0.5, 0.6) is 0 Å². The smallest absolute Gasteiger partial charge is 0.251 e. The van der Waals surface area contributed by atoms with E-state index in [1.165, 1.54) is 0 Å². The van der Waals surface area contributed by atoms with Crippen molar-refractivity contribution in [1.82, 2.24) is 5.32 Å². The number of amides is 1. The molecule has 0 saturated carbocycles. The summed E-state index contributed by atoms with van der Waals surface area (Å²) in [5.41, 5.74) is 7.81. The third kappa shape index (κ3) is 3.03. The summed E-state index contributed by atoms with van der Waals surface area (Å²) in [6, 6.07) is 5.32. The van der Waals surface area contributed by atoms with E-state index in [1.54, 1.807) is 18.2 Å². The predicted octanol–water partition coefficient (Wildman–Crippen LogP) is 1.72. The van der Waals surface area contributed by atoms with E-state index >= 15 is 0 Å². The lowest BCUT2D eigenvalue weighted by molar-refractivity contribution is 0.0953. The molecule has 1 aromatic carbocycles. The molecule has 0 fully saturated rings. The lowest BCUT2D eigenvalue weighted by Gasteiger charge is -2.08. The second kappa shape index (κ2) is 5.82. The number of nitrogens with one attached hydrogen (secondary N) is 1. The summed E-state index contributed by atoms with van der Waals surface area (Å²) >= 11 is 0. The van der Waals surface area contributed by atoms with E-state index in [2.05, 4.69) is 11.2 Å². The van der Waals surface area contributed by atoms with E-state index in [1.807, 2.05) is 6.92 Å². The largest absolute Gasteiger partial charge is 0.398 e. The first-order valence-corrected chi connectivity index (χ1v) is 5.23. The molecule has 84 valence electrons. The summed E-state index contributed by atoms with van der Waals surface area (Å²) in [5.74, 6) is 2.43. The molecule has 1 amide bonds. The van der Waals surface area contributed by atoms with Gasteiger partial charge in [0.15, 0.2) is 0 Å². The van der Waals surface area contributed by atoms with Crippen LogP contribution in [-0.4, -0.2) is 12.5 Å². The fourth-order valence-corrected chi connectivity index (χ4v) is 1.39. The monoisotopic (exact) mass is 216 g/mol. The van der Waals surface area contributed by atoms with E-state index in [0.29, 0.717) is 24.2 Å². The van der Waals surface area contributed by atoms with Crippen molar-refractivity contribution in [2.24, 2.45) is 0 Å². The van der Waals surface area contributed by atoms with Crippen molar-refractivity contribution in [2.75, 3.05) is 12.3 Å². The first kappa shape index (κ1) is 12.1. The summed E-state index contributed by atoms with van der Waals surface area (Å²) in [4.78, 5) is 11.8. The maximum absolute atomic E-state index is 11.8. The molecule has 1 aromatic rings. The molecule has 0 unspecified atom stereocenters. The van der Waals surface area contributed by atoms with Gasteiger partial charge < -0.3 is 11.1 Å². The Labute approximate surface area is 96.0 Å². The maximum Gasteiger partial charge on any atom is 0.251 e. The Morgan fingerprint density at radius 3 is 3.00 bits per heavy atom. The highest BCUT2D eigenvalue weighted by molar-refractivity contribution is 5.96. The number of nitrogen functional groups attached to an aromatic ring is 1. The summed E-state index contributed by atoms with van der Waals surface area (Å²) < 4.78 is 0. The summed E-state index contributed by atoms with van der Waals surface area (Å²) in [5, 5.41) is 2.81. The van der Waals surface area contributed by atoms with Gasteiger partial charge in [-0.3, -0.25) is 4.79 Å². The first-order valence-electron chi connectivity index (χ1n) is 5.23. The zero-order chi connectivity index (χ0) is 12.0. The van der Waals surface area contributed by atoms with E-state index in [9.17, 15) is 4.79 Å². The molecular weight excluding hydrogens is 200 g/mol. The van der Waals surface area contributed by atoms with Gasteiger partial charge in [0.2, 0.25) is 0 Å². The number of carbonyl (C=O) groups is 1. The molecule has 1 rings (SSSR count). The SMILES string of the molecule is C#CCCCNC(=O)c1cccc(N)c1C. The number of rotatable bonds is 4. The van der Waals surface area contributed by atoms with Crippen LogP contribution in [0.3, 0.4) is 0 Å². The number of benzene rings is 1. The average Bonchev–Trinajstić information content (AvgIpc) is 2.28. The van der Waals surface area contributed by atoms with E-state index in [-0.39, 0.29) is 5.91 Å². The topological polar surface area (TPSA) is 55.1 Å². The van der Waals surface area contributed by atoms with Crippen LogP contribution in [0.25, 0.3) is 0 Å². The number of carbonyl (C=O) groups excluding carboxylic acids is 1. The molecule has 3 heteroatoms. The Morgan fingerprint density at radius 1 is 1.56 bits per heavy atom. The normalized spacial score (nSPS) is 9.50. The fraction of sp³-hybridized carbons (Fsp3) is 0.308. The molecule has 0 spiro atoms. The maximum atomic E-state index is 11.8. The third-order valence-electron chi connectivity index (χ3n) is 2.40. The van der Waals surface area contributed by atoms with Gasteiger partial charge in [-0.25, -0.2) is 0 Å². The van der Waals surface area contributed by atoms with Crippen molar-refractivity contribution in [3.05, 3.63) is 29.3 Å².